The Morgan fingerprint density at radius 3 is 2.74 bits per heavy atom. The number of aryl methyl sites for hydroxylation is 1. The molecular weight excluding hydrogens is 314 g/mol. The Labute approximate surface area is 140 Å². The van der Waals surface area contributed by atoms with E-state index in [1.165, 1.54) is 18.8 Å². The molecule has 0 spiro atoms. The van der Waals surface area contributed by atoms with Crippen LogP contribution in [-0.2, 0) is 11.2 Å². The Morgan fingerprint density at radius 1 is 1.30 bits per heavy atom. The van der Waals surface area contributed by atoms with Crippen molar-refractivity contribution in [2.45, 2.75) is 39.7 Å². The van der Waals surface area contributed by atoms with E-state index in [4.69, 9.17) is 11.6 Å². The Balaban J connectivity index is 1.94. The molecule has 1 aromatic heterocycles. The molecule has 122 valence electrons. The number of carbonyl (C=O) groups is 1. The maximum absolute atomic E-state index is 11.0. The number of nitrogens with one attached hydrogen (secondary N) is 2. The third-order valence-electron chi connectivity index (χ3n) is 3.42. The van der Waals surface area contributed by atoms with Gasteiger partial charge in [0.15, 0.2) is 0 Å². The highest BCUT2D eigenvalue weighted by Crippen LogP contribution is 2.21. The number of anilines is 2. The molecule has 0 radical (unpaired) electrons. The molecule has 0 aliphatic rings. The van der Waals surface area contributed by atoms with Crippen molar-refractivity contribution in [3.8, 4) is 0 Å². The molecular formula is C16H20ClN5O. The fourth-order valence-electron chi connectivity index (χ4n) is 2.22. The van der Waals surface area contributed by atoms with Crippen molar-refractivity contribution in [2.75, 3.05) is 10.6 Å². The van der Waals surface area contributed by atoms with Crippen LogP contribution in [-0.4, -0.2) is 26.9 Å². The minimum atomic E-state index is -0.218. The van der Waals surface area contributed by atoms with E-state index in [0.29, 0.717) is 5.95 Å². The molecule has 0 saturated carbocycles. The zero-order valence-corrected chi connectivity index (χ0v) is 14.2. The lowest BCUT2D eigenvalue weighted by molar-refractivity contribution is -0.114. The molecule has 1 heterocycles. The van der Waals surface area contributed by atoms with Gasteiger partial charge in [0.1, 0.15) is 6.33 Å². The lowest BCUT2D eigenvalue weighted by atomic mass is 10.0. The van der Waals surface area contributed by atoms with Crippen LogP contribution in [0.15, 0.2) is 24.5 Å². The van der Waals surface area contributed by atoms with Gasteiger partial charge < -0.3 is 5.32 Å². The number of halogens is 1. The van der Waals surface area contributed by atoms with Crippen molar-refractivity contribution in [2.24, 2.45) is 0 Å². The first-order valence-electron chi connectivity index (χ1n) is 7.43. The number of benzene rings is 1. The second-order valence-electron chi connectivity index (χ2n) is 5.43. The quantitative estimate of drug-likeness (QED) is 0.848. The van der Waals surface area contributed by atoms with Crippen LogP contribution in [0.5, 0.6) is 0 Å². The van der Waals surface area contributed by atoms with Gasteiger partial charge in [0.05, 0.1) is 0 Å². The standard InChI is InChI=1S/C16H20ClN5O/c1-10-5-4-6-14(17)13(10)8-7-11(2)20-15-18-9-19-16(22-15)21-12(3)23/h4-6,9,11H,7-8H2,1-3H3,(H2,18,19,20,21,22,23). The van der Waals surface area contributed by atoms with Gasteiger partial charge in [-0.1, -0.05) is 23.7 Å². The molecule has 1 amide bonds. The van der Waals surface area contributed by atoms with Crippen molar-refractivity contribution in [3.05, 3.63) is 40.7 Å². The smallest absolute Gasteiger partial charge is 0.234 e. The topological polar surface area (TPSA) is 79.8 Å². The summed E-state index contributed by atoms with van der Waals surface area (Å²) in [6.07, 6.45) is 3.11. The van der Waals surface area contributed by atoms with Crippen LogP contribution in [0, 0.1) is 6.92 Å². The highest BCUT2D eigenvalue weighted by molar-refractivity contribution is 6.31. The van der Waals surface area contributed by atoms with E-state index in [1.54, 1.807) is 0 Å². The van der Waals surface area contributed by atoms with E-state index in [-0.39, 0.29) is 17.9 Å². The third kappa shape index (κ3) is 5.17. The van der Waals surface area contributed by atoms with E-state index in [9.17, 15) is 4.79 Å². The van der Waals surface area contributed by atoms with Gasteiger partial charge in [0.25, 0.3) is 0 Å². The zero-order valence-electron chi connectivity index (χ0n) is 13.4. The van der Waals surface area contributed by atoms with Gasteiger partial charge in [-0.3, -0.25) is 10.1 Å². The molecule has 0 aliphatic heterocycles. The summed E-state index contributed by atoms with van der Waals surface area (Å²) in [6.45, 7) is 5.52. The second kappa shape index (κ2) is 7.87. The number of aromatic nitrogens is 3. The summed E-state index contributed by atoms with van der Waals surface area (Å²) < 4.78 is 0. The van der Waals surface area contributed by atoms with Gasteiger partial charge in [-0.2, -0.15) is 4.98 Å². The number of nitrogens with zero attached hydrogens (tertiary/aromatic N) is 3. The van der Waals surface area contributed by atoms with Gasteiger partial charge in [-0.15, -0.1) is 0 Å². The van der Waals surface area contributed by atoms with Crippen molar-refractivity contribution < 1.29 is 4.79 Å². The molecule has 0 aliphatic carbocycles. The van der Waals surface area contributed by atoms with Crippen molar-refractivity contribution in [1.82, 2.24) is 15.0 Å². The maximum atomic E-state index is 11.0. The first-order chi connectivity index (χ1) is 11.0. The second-order valence-corrected chi connectivity index (χ2v) is 5.84. The fourth-order valence-corrected chi connectivity index (χ4v) is 2.54. The molecule has 2 N–H and O–H groups in total. The van der Waals surface area contributed by atoms with Gasteiger partial charge >= 0.3 is 0 Å². The van der Waals surface area contributed by atoms with E-state index in [1.807, 2.05) is 19.1 Å². The number of hydrogen-bond acceptors (Lipinski definition) is 5. The van der Waals surface area contributed by atoms with Gasteiger partial charge in [-0.25, -0.2) is 9.97 Å². The predicted molar refractivity (Wildman–Crippen MR) is 91.7 cm³/mol. The summed E-state index contributed by atoms with van der Waals surface area (Å²) in [5, 5.41) is 6.54. The summed E-state index contributed by atoms with van der Waals surface area (Å²) >= 11 is 6.25. The minimum absolute atomic E-state index is 0.151. The molecule has 23 heavy (non-hydrogen) atoms. The predicted octanol–water partition coefficient (Wildman–Crippen LogP) is 3.23. The van der Waals surface area contributed by atoms with Crippen LogP contribution >= 0.6 is 11.6 Å². The molecule has 0 saturated heterocycles. The molecule has 0 fully saturated rings. The molecule has 1 unspecified atom stereocenters. The molecule has 1 aromatic carbocycles. The summed E-state index contributed by atoms with van der Waals surface area (Å²) in [5.41, 5.74) is 2.36. The SMILES string of the molecule is CC(=O)Nc1ncnc(NC(C)CCc2c(C)cccc2Cl)n1. The third-order valence-corrected chi connectivity index (χ3v) is 3.77. The van der Waals surface area contributed by atoms with Crippen molar-refractivity contribution in [1.29, 1.82) is 0 Å². The summed E-state index contributed by atoms with van der Waals surface area (Å²) in [4.78, 5) is 23.1. The van der Waals surface area contributed by atoms with Crippen LogP contribution in [0.4, 0.5) is 11.9 Å². The Hall–Kier alpha value is -2.21. The number of rotatable bonds is 6. The van der Waals surface area contributed by atoms with Crippen molar-refractivity contribution >= 4 is 29.4 Å². The Bertz CT molecular complexity index is 672. The summed E-state index contributed by atoms with van der Waals surface area (Å²) in [7, 11) is 0. The van der Waals surface area contributed by atoms with E-state index in [2.05, 4.69) is 38.6 Å². The van der Waals surface area contributed by atoms with E-state index < -0.39 is 0 Å². The van der Waals surface area contributed by atoms with Crippen LogP contribution in [0.25, 0.3) is 0 Å². The number of hydrogen-bond donors (Lipinski definition) is 2. The van der Waals surface area contributed by atoms with Crippen LogP contribution < -0.4 is 10.6 Å². The van der Waals surface area contributed by atoms with Gasteiger partial charge in [0, 0.05) is 18.0 Å². The highest BCUT2D eigenvalue weighted by atomic mass is 35.5. The highest BCUT2D eigenvalue weighted by Gasteiger charge is 2.09. The van der Waals surface area contributed by atoms with Crippen LogP contribution in [0.3, 0.4) is 0 Å². The molecule has 1 atom stereocenters. The maximum Gasteiger partial charge on any atom is 0.234 e. The normalized spacial score (nSPS) is 11.8. The molecule has 7 heteroatoms. The lowest BCUT2D eigenvalue weighted by Crippen LogP contribution is -2.19. The average molecular weight is 334 g/mol. The number of carbonyl (C=O) groups excluding carboxylic acids is 1. The minimum Gasteiger partial charge on any atom is -0.352 e. The molecule has 6 nitrogen and oxygen atoms in total. The van der Waals surface area contributed by atoms with Gasteiger partial charge in [-0.05, 0) is 43.9 Å². The lowest BCUT2D eigenvalue weighted by Gasteiger charge is -2.15. The zero-order chi connectivity index (χ0) is 16.8. The van der Waals surface area contributed by atoms with Crippen LogP contribution in [0.1, 0.15) is 31.4 Å². The van der Waals surface area contributed by atoms with Gasteiger partial charge in [0.2, 0.25) is 17.8 Å². The van der Waals surface area contributed by atoms with E-state index in [0.717, 1.165) is 23.4 Å². The monoisotopic (exact) mass is 333 g/mol. The molecule has 0 bridgehead atoms. The average Bonchev–Trinajstić information content (AvgIpc) is 2.46. The first kappa shape index (κ1) is 17.1. The van der Waals surface area contributed by atoms with E-state index >= 15 is 0 Å². The summed E-state index contributed by atoms with van der Waals surface area (Å²) in [5.74, 6) is 0.459. The molecule has 2 rings (SSSR count). The largest absolute Gasteiger partial charge is 0.352 e. The Kier molecular flexibility index (Phi) is 5.87. The first-order valence-corrected chi connectivity index (χ1v) is 7.80. The Morgan fingerprint density at radius 2 is 2.04 bits per heavy atom. The van der Waals surface area contributed by atoms with Crippen LogP contribution in [0.2, 0.25) is 5.02 Å². The number of amides is 1. The summed E-state index contributed by atoms with van der Waals surface area (Å²) in [6, 6.07) is 6.08. The molecule has 2 aromatic rings. The van der Waals surface area contributed by atoms with Crippen molar-refractivity contribution in [3.63, 3.8) is 0 Å². The fraction of sp³-hybridized carbons (Fsp3) is 0.375.